The molecular formula is C25H25N3O4S. The van der Waals surface area contributed by atoms with Crippen molar-refractivity contribution in [3.63, 3.8) is 0 Å². The van der Waals surface area contributed by atoms with E-state index in [1.807, 2.05) is 47.4 Å². The Bertz CT molecular complexity index is 1340. The van der Waals surface area contributed by atoms with Crippen LogP contribution in [-0.2, 0) is 22.3 Å². The van der Waals surface area contributed by atoms with Crippen molar-refractivity contribution >= 4 is 21.6 Å². The van der Waals surface area contributed by atoms with Crippen LogP contribution in [0.4, 0.5) is 5.69 Å². The zero-order valence-electron chi connectivity index (χ0n) is 18.1. The van der Waals surface area contributed by atoms with E-state index in [1.165, 1.54) is 0 Å². The van der Waals surface area contributed by atoms with E-state index in [0.717, 1.165) is 12.1 Å². The summed E-state index contributed by atoms with van der Waals surface area (Å²) in [5.74, 6) is 0.00799. The number of fused-ring (bicyclic) bond motifs is 4. The minimum absolute atomic E-state index is 0.00592. The molecule has 2 atom stereocenters. The highest BCUT2D eigenvalue weighted by atomic mass is 32.2. The SMILES string of the molecule is O=C(c1ccccc1)N1C[C@H]2C[C@H](C1)c1ccc(NS(=O)(=O)Cc3ccccc3)c(=O)n1C2. The van der Waals surface area contributed by atoms with Gasteiger partial charge < -0.3 is 9.47 Å². The number of benzene rings is 2. The van der Waals surface area contributed by atoms with E-state index < -0.39 is 10.0 Å². The van der Waals surface area contributed by atoms with Crippen molar-refractivity contribution in [1.82, 2.24) is 9.47 Å². The maximum Gasteiger partial charge on any atom is 0.275 e. The number of hydrogen-bond donors (Lipinski definition) is 1. The number of nitrogens with zero attached hydrogens (tertiary/aromatic N) is 2. The van der Waals surface area contributed by atoms with E-state index in [-0.39, 0.29) is 34.7 Å². The van der Waals surface area contributed by atoms with Gasteiger partial charge in [-0.05, 0) is 42.2 Å². The molecule has 2 aromatic carbocycles. The van der Waals surface area contributed by atoms with Crippen molar-refractivity contribution in [2.24, 2.45) is 5.92 Å². The standard InChI is InChI=1S/C25H25N3O4S/c29-24(20-9-5-2-6-10-20)27-14-19-13-21(16-27)23-12-11-22(25(30)28(23)15-19)26-33(31,32)17-18-7-3-1-4-8-18/h1-12,19,21,26H,13-17H2/t19-,21-/m1/s1. The lowest BCUT2D eigenvalue weighted by atomic mass is 9.83. The average Bonchev–Trinajstić information content (AvgIpc) is 2.81. The van der Waals surface area contributed by atoms with Crippen LogP contribution in [0, 0.1) is 5.92 Å². The maximum atomic E-state index is 13.2. The lowest BCUT2D eigenvalue weighted by Gasteiger charge is -2.43. The van der Waals surface area contributed by atoms with Gasteiger partial charge in [0.1, 0.15) is 5.69 Å². The molecule has 2 aliphatic heterocycles. The number of pyridine rings is 1. The second kappa shape index (κ2) is 8.51. The van der Waals surface area contributed by atoms with Crippen LogP contribution < -0.4 is 10.3 Å². The Labute approximate surface area is 192 Å². The third kappa shape index (κ3) is 4.43. The second-order valence-corrected chi connectivity index (χ2v) is 10.5. The van der Waals surface area contributed by atoms with Crippen molar-refractivity contribution in [2.45, 2.75) is 24.6 Å². The van der Waals surface area contributed by atoms with Gasteiger partial charge in [0, 0.05) is 36.8 Å². The van der Waals surface area contributed by atoms with E-state index in [0.29, 0.717) is 30.8 Å². The number of piperidine rings is 1. The molecule has 7 nitrogen and oxygen atoms in total. The smallest absolute Gasteiger partial charge is 0.275 e. The van der Waals surface area contributed by atoms with Gasteiger partial charge in [0.15, 0.2) is 0 Å². The molecule has 0 radical (unpaired) electrons. The molecule has 1 amide bonds. The monoisotopic (exact) mass is 463 g/mol. The fourth-order valence-corrected chi connectivity index (χ4v) is 6.14. The third-order valence-corrected chi connectivity index (χ3v) is 7.62. The molecule has 5 rings (SSSR count). The van der Waals surface area contributed by atoms with Gasteiger partial charge in [0.25, 0.3) is 11.5 Å². The summed E-state index contributed by atoms with van der Waals surface area (Å²) in [6, 6.07) is 21.5. The lowest BCUT2D eigenvalue weighted by molar-refractivity contribution is 0.0594. The molecule has 1 aromatic heterocycles. The molecule has 2 bridgehead atoms. The van der Waals surface area contributed by atoms with Gasteiger partial charge in [-0.15, -0.1) is 0 Å². The van der Waals surface area contributed by atoms with Crippen molar-refractivity contribution < 1.29 is 13.2 Å². The summed E-state index contributed by atoms with van der Waals surface area (Å²) in [6.07, 6.45) is 0.914. The third-order valence-electron chi connectivity index (χ3n) is 6.38. The number of likely N-dealkylation sites (tertiary alicyclic amines) is 1. The quantitative estimate of drug-likeness (QED) is 0.630. The van der Waals surface area contributed by atoms with Gasteiger partial charge in [-0.2, -0.15) is 0 Å². The van der Waals surface area contributed by atoms with Gasteiger partial charge >= 0.3 is 0 Å². The van der Waals surface area contributed by atoms with Gasteiger partial charge in [0.2, 0.25) is 10.0 Å². The Morgan fingerprint density at radius 2 is 1.61 bits per heavy atom. The summed E-state index contributed by atoms with van der Waals surface area (Å²) in [7, 11) is -3.72. The summed E-state index contributed by atoms with van der Waals surface area (Å²) in [5.41, 5.74) is 1.90. The molecule has 0 aliphatic carbocycles. The van der Waals surface area contributed by atoms with Crippen LogP contribution >= 0.6 is 0 Å². The van der Waals surface area contributed by atoms with Gasteiger partial charge in [-0.25, -0.2) is 8.42 Å². The van der Waals surface area contributed by atoms with Crippen molar-refractivity contribution in [2.75, 3.05) is 17.8 Å². The van der Waals surface area contributed by atoms with Gasteiger partial charge in [0.05, 0.1) is 5.75 Å². The topological polar surface area (TPSA) is 88.5 Å². The molecular weight excluding hydrogens is 438 g/mol. The predicted octanol–water partition coefficient (Wildman–Crippen LogP) is 3.05. The summed E-state index contributed by atoms with van der Waals surface area (Å²) in [4.78, 5) is 28.0. The Kier molecular flexibility index (Phi) is 5.54. The molecule has 0 spiro atoms. The fourth-order valence-electron chi connectivity index (χ4n) is 4.95. The molecule has 1 fully saturated rings. The lowest BCUT2D eigenvalue weighted by Crippen LogP contribution is -2.49. The van der Waals surface area contributed by atoms with Gasteiger partial charge in [-0.1, -0.05) is 48.5 Å². The Hall–Kier alpha value is -3.39. The van der Waals surface area contributed by atoms with Crippen LogP contribution in [0.25, 0.3) is 0 Å². The second-order valence-electron chi connectivity index (χ2n) is 8.81. The van der Waals surface area contributed by atoms with Crippen LogP contribution in [0.1, 0.15) is 34.0 Å². The minimum Gasteiger partial charge on any atom is -0.338 e. The summed E-state index contributed by atoms with van der Waals surface area (Å²) in [5, 5.41) is 0. The number of sulfonamides is 1. The van der Waals surface area contributed by atoms with Crippen LogP contribution in [-0.4, -0.2) is 36.9 Å². The first-order chi connectivity index (χ1) is 15.9. The first-order valence-electron chi connectivity index (χ1n) is 11.0. The molecule has 0 unspecified atom stereocenters. The molecule has 33 heavy (non-hydrogen) atoms. The number of hydrogen-bond acceptors (Lipinski definition) is 4. The van der Waals surface area contributed by atoms with E-state index in [1.54, 1.807) is 34.9 Å². The molecule has 8 heteroatoms. The molecule has 3 heterocycles. The highest BCUT2D eigenvalue weighted by Gasteiger charge is 2.37. The zero-order valence-corrected chi connectivity index (χ0v) is 18.9. The number of aromatic nitrogens is 1. The summed E-state index contributed by atoms with van der Waals surface area (Å²) in [6.45, 7) is 1.60. The first kappa shape index (κ1) is 21.5. The average molecular weight is 464 g/mol. The zero-order chi connectivity index (χ0) is 23.0. The largest absolute Gasteiger partial charge is 0.338 e. The molecule has 2 aliphatic rings. The van der Waals surface area contributed by atoms with Crippen LogP contribution in [0.15, 0.2) is 77.6 Å². The number of rotatable bonds is 5. The highest BCUT2D eigenvalue weighted by molar-refractivity contribution is 7.91. The van der Waals surface area contributed by atoms with E-state index in [9.17, 15) is 18.0 Å². The Morgan fingerprint density at radius 3 is 2.33 bits per heavy atom. The van der Waals surface area contributed by atoms with E-state index in [2.05, 4.69) is 4.72 Å². The molecule has 0 saturated carbocycles. The number of anilines is 1. The number of carbonyl (C=O) groups is 1. The first-order valence-corrected chi connectivity index (χ1v) is 12.7. The van der Waals surface area contributed by atoms with Crippen molar-refractivity contribution in [1.29, 1.82) is 0 Å². The fraction of sp³-hybridized carbons (Fsp3) is 0.280. The number of nitrogens with one attached hydrogen (secondary N) is 1. The number of amides is 1. The number of carbonyl (C=O) groups excluding carboxylic acids is 1. The minimum atomic E-state index is -3.72. The highest BCUT2D eigenvalue weighted by Crippen LogP contribution is 2.36. The van der Waals surface area contributed by atoms with Crippen LogP contribution in [0.3, 0.4) is 0 Å². The molecule has 1 saturated heterocycles. The summed E-state index contributed by atoms with van der Waals surface area (Å²) < 4.78 is 29.4. The van der Waals surface area contributed by atoms with E-state index >= 15 is 0 Å². The maximum absolute atomic E-state index is 13.2. The van der Waals surface area contributed by atoms with Gasteiger partial charge in [-0.3, -0.25) is 14.3 Å². The Balaban J connectivity index is 1.37. The van der Waals surface area contributed by atoms with Crippen molar-refractivity contribution in [3.8, 4) is 0 Å². The van der Waals surface area contributed by atoms with E-state index in [4.69, 9.17) is 0 Å². The summed E-state index contributed by atoms with van der Waals surface area (Å²) >= 11 is 0. The normalized spacial score (nSPS) is 19.6. The molecule has 1 N–H and O–H groups in total. The predicted molar refractivity (Wildman–Crippen MR) is 127 cm³/mol. The van der Waals surface area contributed by atoms with Crippen LogP contribution in [0.2, 0.25) is 0 Å². The van der Waals surface area contributed by atoms with Crippen LogP contribution in [0.5, 0.6) is 0 Å². The molecule has 3 aromatic rings. The Morgan fingerprint density at radius 1 is 0.909 bits per heavy atom. The van der Waals surface area contributed by atoms with Crippen molar-refractivity contribution in [3.05, 3.63) is 100.0 Å². The molecule has 170 valence electrons.